The van der Waals surface area contributed by atoms with E-state index in [1.807, 2.05) is 55.5 Å². The van der Waals surface area contributed by atoms with Crippen molar-refractivity contribution in [3.8, 4) is 17.2 Å². The molecule has 3 rings (SSSR count). The minimum Gasteiger partial charge on any atom is -0.494 e. The average molecular weight is 363 g/mol. The summed E-state index contributed by atoms with van der Waals surface area (Å²) in [5.41, 5.74) is 1.56. The lowest BCUT2D eigenvalue weighted by Crippen LogP contribution is -2.21. The van der Waals surface area contributed by atoms with E-state index in [-0.39, 0.29) is 12.5 Å². The molecule has 0 saturated heterocycles. The van der Waals surface area contributed by atoms with Crippen LogP contribution in [0.1, 0.15) is 6.92 Å². The number of carbonyl (C=O) groups is 1. The Bertz CT molecular complexity index is 850. The highest BCUT2D eigenvalue weighted by Crippen LogP contribution is 2.22. The molecule has 2 aromatic carbocycles. The molecular weight excluding hydrogens is 342 g/mol. The molecule has 2 N–H and O–H groups in total. The van der Waals surface area contributed by atoms with Crippen LogP contribution in [0.4, 0.5) is 11.4 Å². The van der Waals surface area contributed by atoms with Crippen LogP contribution < -0.4 is 20.1 Å². The molecular formula is C21H21N3O3. The third-order valence-electron chi connectivity index (χ3n) is 3.64. The van der Waals surface area contributed by atoms with Crippen molar-refractivity contribution in [1.82, 2.24) is 4.98 Å². The fourth-order valence-electron chi connectivity index (χ4n) is 2.37. The van der Waals surface area contributed by atoms with E-state index in [9.17, 15) is 4.79 Å². The van der Waals surface area contributed by atoms with Gasteiger partial charge in [-0.15, -0.1) is 0 Å². The Kier molecular flexibility index (Phi) is 6.25. The van der Waals surface area contributed by atoms with Crippen molar-refractivity contribution in [3.05, 3.63) is 73.1 Å². The molecule has 0 spiro atoms. The molecule has 3 aromatic rings. The highest BCUT2D eigenvalue weighted by Gasteiger charge is 2.03. The van der Waals surface area contributed by atoms with Crippen molar-refractivity contribution >= 4 is 17.3 Å². The summed E-state index contributed by atoms with van der Waals surface area (Å²) >= 11 is 0. The summed E-state index contributed by atoms with van der Waals surface area (Å²) in [6, 6.07) is 18.3. The monoisotopic (exact) mass is 363 g/mol. The van der Waals surface area contributed by atoms with Crippen LogP contribution >= 0.6 is 0 Å². The van der Waals surface area contributed by atoms with Gasteiger partial charge < -0.3 is 20.1 Å². The number of carbonyl (C=O) groups excluding carboxylic acids is 1. The largest absolute Gasteiger partial charge is 0.494 e. The molecule has 6 nitrogen and oxygen atoms in total. The Morgan fingerprint density at radius 1 is 0.852 bits per heavy atom. The maximum atomic E-state index is 12.1. The molecule has 0 radical (unpaired) electrons. The van der Waals surface area contributed by atoms with Gasteiger partial charge in [-0.05, 0) is 67.6 Å². The van der Waals surface area contributed by atoms with E-state index in [4.69, 9.17) is 9.47 Å². The number of aromatic nitrogens is 1. The lowest BCUT2D eigenvalue weighted by atomic mass is 10.3. The van der Waals surface area contributed by atoms with Gasteiger partial charge in [-0.2, -0.15) is 0 Å². The molecule has 0 saturated carbocycles. The number of amides is 1. The van der Waals surface area contributed by atoms with Crippen LogP contribution in [-0.2, 0) is 4.79 Å². The van der Waals surface area contributed by atoms with E-state index >= 15 is 0 Å². The van der Waals surface area contributed by atoms with Crippen LogP contribution in [0.5, 0.6) is 17.2 Å². The zero-order chi connectivity index (χ0) is 18.9. The van der Waals surface area contributed by atoms with Crippen LogP contribution in [0.2, 0.25) is 0 Å². The molecule has 1 heterocycles. The second kappa shape index (κ2) is 9.24. The molecule has 0 aliphatic carbocycles. The first-order valence-corrected chi connectivity index (χ1v) is 8.67. The fourth-order valence-corrected chi connectivity index (χ4v) is 2.37. The van der Waals surface area contributed by atoms with Gasteiger partial charge in [0.2, 0.25) is 5.91 Å². The summed E-state index contributed by atoms with van der Waals surface area (Å²) in [6.07, 6.45) is 3.35. The quantitative estimate of drug-likeness (QED) is 0.623. The SMILES string of the molecule is CCOc1ccc(NC(=O)CNc2ccc(Oc3ccncc3)cc2)cc1. The van der Waals surface area contributed by atoms with Gasteiger partial charge in [0, 0.05) is 23.8 Å². The Labute approximate surface area is 158 Å². The Balaban J connectivity index is 1.47. The van der Waals surface area contributed by atoms with E-state index in [1.54, 1.807) is 24.5 Å². The highest BCUT2D eigenvalue weighted by atomic mass is 16.5. The topological polar surface area (TPSA) is 72.5 Å². The first kappa shape index (κ1) is 18.3. The van der Waals surface area contributed by atoms with Gasteiger partial charge in [-0.1, -0.05) is 0 Å². The van der Waals surface area contributed by atoms with E-state index in [0.29, 0.717) is 12.4 Å². The Morgan fingerprint density at radius 2 is 1.44 bits per heavy atom. The van der Waals surface area contributed by atoms with E-state index in [1.165, 1.54) is 0 Å². The number of hydrogen-bond acceptors (Lipinski definition) is 5. The number of rotatable bonds is 8. The van der Waals surface area contributed by atoms with Crippen LogP contribution in [0.3, 0.4) is 0 Å². The number of nitrogens with one attached hydrogen (secondary N) is 2. The zero-order valence-electron chi connectivity index (χ0n) is 15.0. The van der Waals surface area contributed by atoms with Crippen LogP contribution in [-0.4, -0.2) is 24.0 Å². The third-order valence-corrected chi connectivity index (χ3v) is 3.64. The second-order valence-electron chi connectivity index (χ2n) is 5.67. The molecule has 138 valence electrons. The Hall–Kier alpha value is -3.54. The van der Waals surface area contributed by atoms with E-state index in [2.05, 4.69) is 15.6 Å². The third kappa shape index (κ3) is 5.74. The maximum absolute atomic E-state index is 12.1. The van der Waals surface area contributed by atoms with Gasteiger partial charge >= 0.3 is 0 Å². The summed E-state index contributed by atoms with van der Waals surface area (Å²) < 4.78 is 11.1. The smallest absolute Gasteiger partial charge is 0.243 e. The standard InChI is InChI=1S/C21H21N3O3/c1-2-26-18-7-5-17(6-8-18)24-21(25)15-23-16-3-9-19(10-4-16)27-20-11-13-22-14-12-20/h3-14,23H,2,15H2,1H3,(H,24,25). The molecule has 0 fully saturated rings. The average Bonchev–Trinajstić information content (AvgIpc) is 2.70. The van der Waals surface area contributed by atoms with Gasteiger partial charge in [0.25, 0.3) is 0 Å². The number of anilines is 2. The van der Waals surface area contributed by atoms with E-state index in [0.717, 1.165) is 22.9 Å². The molecule has 1 amide bonds. The van der Waals surface area contributed by atoms with E-state index < -0.39 is 0 Å². The lowest BCUT2D eigenvalue weighted by molar-refractivity contribution is -0.114. The number of nitrogens with zero attached hydrogens (tertiary/aromatic N) is 1. The molecule has 6 heteroatoms. The summed E-state index contributed by atoms with van der Waals surface area (Å²) in [5.74, 6) is 2.09. The van der Waals surface area contributed by atoms with Gasteiger partial charge in [0.15, 0.2) is 0 Å². The molecule has 0 bridgehead atoms. The summed E-state index contributed by atoms with van der Waals surface area (Å²) in [7, 11) is 0. The van der Waals surface area contributed by atoms with Gasteiger partial charge in [0.05, 0.1) is 13.2 Å². The minimum absolute atomic E-state index is 0.128. The summed E-state index contributed by atoms with van der Waals surface area (Å²) in [6.45, 7) is 2.71. The molecule has 0 atom stereocenters. The van der Waals surface area contributed by atoms with Crippen molar-refractivity contribution in [2.45, 2.75) is 6.92 Å². The molecule has 27 heavy (non-hydrogen) atoms. The Morgan fingerprint density at radius 3 is 2.11 bits per heavy atom. The first-order valence-electron chi connectivity index (χ1n) is 8.67. The van der Waals surface area contributed by atoms with Crippen LogP contribution in [0.25, 0.3) is 0 Å². The zero-order valence-corrected chi connectivity index (χ0v) is 15.0. The van der Waals surface area contributed by atoms with Gasteiger partial charge in [0.1, 0.15) is 17.2 Å². The molecule has 0 unspecified atom stereocenters. The number of ether oxygens (including phenoxy) is 2. The summed E-state index contributed by atoms with van der Waals surface area (Å²) in [4.78, 5) is 16.0. The number of pyridine rings is 1. The van der Waals surface area contributed by atoms with Crippen molar-refractivity contribution in [3.63, 3.8) is 0 Å². The number of benzene rings is 2. The highest BCUT2D eigenvalue weighted by molar-refractivity contribution is 5.93. The van der Waals surface area contributed by atoms with Crippen molar-refractivity contribution < 1.29 is 14.3 Å². The molecule has 0 aliphatic heterocycles. The van der Waals surface area contributed by atoms with Gasteiger partial charge in [-0.25, -0.2) is 0 Å². The summed E-state index contributed by atoms with van der Waals surface area (Å²) in [5, 5.41) is 5.92. The predicted octanol–water partition coefficient (Wildman–Crippen LogP) is 4.32. The predicted molar refractivity (Wildman–Crippen MR) is 105 cm³/mol. The molecule has 1 aromatic heterocycles. The maximum Gasteiger partial charge on any atom is 0.243 e. The number of hydrogen-bond donors (Lipinski definition) is 2. The van der Waals surface area contributed by atoms with Crippen molar-refractivity contribution in [2.75, 3.05) is 23.8 Å². The second-order valence-corrected chi connectivity index (χ2v) is 5.67. The van der Waals surface area contributed by atoms with Crippen molar-refractivity contribution in [2.24, 2.45) is 0 Å². The normalized spacial score (nSPS) is 10.1. The van der Waals surface area contributed by atoms with Crippen LogP contribution in [0.15, 0.2) is 73.1 Å². The van der Waals surface area contributed by atoms with Crippen LogP contribution in [0, 0.1) is 0 Å². The fraction of sp³-hybridized carbons (Fsp3) is 0.143. The van der Waals surface area contributed by atoms with Crippen molar-refractivity contribution in [1.29, 1.82) is 0 Å². The first-order chi connectivity index (χ1) is 13.2. The molecule has 0 aliphatic rings. The lowest BCUT2D eigenvalue weighted by Gasteiger charge is -2.10. The minimum atomic E-state index is -0.128. The van der Waals surface area contributed by atoms with Gasteiger partial charge in [-0.3, -0.25) is 9.78 Å².